The number of aromatic nitrogens is 1. The maximum atomic E-state index is 13.4. The molecule has 3 aromatic carbocycles. The van der Waals surface area contributed by atoms with Crippen molar-refractivity contribution in [1.82, 2.24) is 4.57 Å². The molecule has 2 heterocycles. The van der Waals surface area contributed by atoms with Gasteiger partial charge in [0.1, 0.15) is 0 Å². The Balaban J connectivity index is 1.59. The molecule has 0 radical (unpaired) electrons. The number of nitrogens with zero attached hydrogens (tertiary/aromatic N) is 3. The highest BCUT2D eigenvalue weighted by atomic mass is 32.2. The molecule has 166 valence electrons. The van der Waals surface area contributed by atoms with Gasteiger partial charge in [0.15, 0.2) is 4.32 Å². The molecule has 0 atom stereocenters. The fourth-order valence-corrected chi connectivity index (χ4v) is 5.65. The molecule has 5 rings (SSSR count). The lowest BCUT2D eigenvalue weighted by atomic mass is 10.1. The van der Waals surface area contributed by atoms with Crippen molar-refractivity contribution in [2.45, 2.75) is 20.4 Å². The third-order valence-electron chi connectivity index (χ3n) is 6.07. The van der Waals surface area contributed by atoms with Crippen molar-refractivity contribution >= 4 is 56.9 Å². The normalized spacial score (nSPS) is 14.9. The van der Waals surface area contributed by atoms with Crippen LogP contribution < -0.4 is 4.90 Å². The molecule has 4 nitrogen and oxygen atoms in total. The molecule has 0 spiro atoms. The van der Waals surface area contributed by atoms with E-state index in [-0.39, 0.29) is 5.91 Å². The van der Waals surface area contributed by atoms with E-state index in [0.717, 1.165) is 39.0 Å². The summed E-state index contributed by atoms with van der Waals surface area (Å²) in [7, 11) is 0. The van der Waals surface area contributed by atoms with E-state index < -0.39 is 0 Å². The van der Waals surface area contributed by atoms with Crippen LogP contribution in [0, 0.1) is 25.2 Å². The Kier molecular flexibility index (Phi) is 5.82. The summed E-state index contributed by atoms with van der Waals surface area (Å²) in [6, 6.07) is 25.9. The number of hydrogen-bond donors (Lipinski definition) is 0. The van der Waals surface area contributed by atoms with Crippen LogP contribution in [0.3, 0.4) is 0 Å². The van der Waals surface area contributed by atoms with Gasteiger partial charge in [-0.25, -0.2) is 0 Å². The lowest BCUT2D eigenvalue weighted by Crippen LogP contribution is -2.27. The minimum Gasteiger partial charge on any atom is -0.340 e. The summed E-state index contributed by atoms with van der Waals surface area (Å²) < 4.78 is 2.74. The predicted molar refractivity (Wildman–Crippen MR) is 144 cm³/mol. The second-order valence-electron chi connectivity index (χ2n) is 8.23. The van der Waals surface area contributed by atoms with Crippen molar-refractivity contribution in [2.75, 3.05) is 4.90 Å². The number of anilines is 1. The zero-order valence-electron chi connectivity index (χ0n) is 18.8. The van der Waals surface area contributed by atoms with E-state index in [2.05, 4.69) is 29.7 Å². The number of amides is 1. The van der Waals surface area contributed by atoms with Crippen molar-refractivity contribution in [2.24, 2.45) is 0 Å². The molecule has 0 unspecified atom stereocenters. The SMILES string of the molecule is Cc1cccc(N2C(=O)/C(=C\c3c(C)n(Cc4ccccc4C#N)c4ccccc34)SC2=S)c1. The van der Waals surface area contributed by atoms with Crippen LogP contribution >= 0.6 is 24.0 Å². The summed E-state index contributed by atoms with van der Waals surface area (Å²) in [6.07, 6.45) is 1.96. The van der Waals surface area contributed by atoms with Gasteiger partial charge < -0.3 is 4.57 Å². The first kappa shape index (κ1) is 22.1. The van der Waals surface area contributed by atoms with Crippen LogP contribution in [0.2, 0.25) is 0 Å². The molecule has 34 heavy (non-hydrogen) atoms. The Morgan fingerprint density at radius 1 is 1.03 bits per heavy atom. The zero-order valence-corrected chi connectivity index (χ0v) is 20.4. The lowest BCUT2D eigenvalue weighted by Gasteiger charge is -2.14. The second kappa shape index (κ2) is 8.94. The van der Waals surface area contributed by atoms with Crippen molar-refractivity contribution < 1.29 is 4.79 Å². The Hall–Kier alpha value is -3.66. The summed E-state index contributed by atoms with van der Waals surface area (Å²) in [5.41, 5.74) is 6.59. The lowest BCUT2D eigenvalue weighted by molar-refractivity contribution is -0.113. The Bertz CT molecular complexity index is 1540. The number of carbonyl (C=O) groups is 1. The molecule has 0 bridgehead atoms. The van der Waals surface area contributed by atoms with E-state index in [4.69, 9.17) is 12.2 Å². The van der Waals surface area contributed by atoms with E-state index in [1.54, 1.807) is 4.90 Å². The van der Waals surface area contributed by atoms with Gasteiger partial charge in [-0.1, -0.05) is 72.5 Å². The largest absolute Gasteiger partial charge is 0.340 e. The van der Waals surface area contributed by atoms with Crippen molar-refractivity contribution in [3.8, 4) is 6.07 Å². The summed E-state index contributed by atoms with van der Waals surface area (Å²) in [5.74, 6) is -0.105. The fraction of sp³-hybridized carbons (Fsp3) is 0.107. The standard InChI is InChI=1S/C28H21N3OS2/c1-18-8-7-11-22(14-18)31-27(32)26(34-28(31)33)15-24-19(2)30(25-13-6-5-12-23(24)25)17-21-10-4-3-9-20(21)16-29/h3-15H,17H2,1-2H3/b26-15+. The van der Waals surface area contributed by atoms with Gasteiger partial charge in [0.05, 0.1) is 22.2 Å². The fourth-order valence-electron chi connectivity index (χ4n) is 4.37. The Labute approximate surface area is 208 Å². The Morgan fingerprint density at radius 3 is 2.59 bits per heavy atom. The minimum atomic E-state index is -0.105. The van der Waals surface area contributed by atoms with E-state index in [1.165, 1.54) is 11.8 Å². The maximum Gasteiger partial charge on any atom is 0.270 e. The molecule has 1 saturated heterocycles. The van der Waals surface area contributed by atoms with E-state index in [9.17, 15) is 10.1 Å². The molecular weight excluding hydrogens is 458 g/mol. The summed E-state index contributed by atoms with van der Waals surface area (Å²) in [6.45, 7) is 4.63. The first-order valence-electron chi connectivity index (χ1n) is 10.9. The number of thiocarbonyl (C=S) groups is 1. The van der Waals surface area contributed by atoms with Crippen LogP contribution in [0.4, 0.5) is 5.69 Å². The number of rotatable bonds is 4. The average molecular weight is 480 g/mol. The average Bonchev–Trinajstić information content (AvgIpc) is 3.27. The van der Waals surface area contributed by atoms with Crippen LogP contribution in [0.25, 0.3) is 17.0 Å². The van der Waals surface area contributed by atoms with Gasteiger partial charge in [-0.15, -0.1) is 0 Å². The molecule has 6 heteroatoms. The molecule has 4 aromatic rings. The molecule has 1 fully saturated rings. The number of nitriles is 1. The van der Waals surface area contributed by atoms with Crippen molar-refractivity contribution in [3.63, 3.8) is 0 Å². The number of carbonyl (C=O) groups excluding carboxylic acids is 1. The first-order valence-corrected chi connectivity index (χ1v) is 12.1. The van der Waals surface area contributed by atoms with Gasteiger partial charge in [-0.2, -0.15) is 5.26 Å². The Morgan fingerprint density at radius 2 is 1.79 bits per heavy atom. The van der Waals surface area contributed by atoms with Gasteiger partial charge in [0.2, 0.25) is 0 Å². The number of benzene rings is 3. The maximum absolute atomic E-state index is 13.4. The van der Waals surface area contributed by atoms with E-state index in [0.29, 0.717) is 21.3 Å². The highest BCUT2D eigenvalue weighted by Crippen LogP contribution is 2.38. The van der Waals surface area contributed by atoms with Crippen LogP contribution in [0.15, 0.2) is 77.7 Å². The van der Waals surface area contributed by atoms with Crippen LogP contribution in [0.5, 0.6) is 0 Å². The van der Waals surface area contributed by atoms with E-state index in [1.807, 2.05) is 73.7 Å². The predicted octanol–water partition coefficient (Wildman–Crippen LogP) is 6.58. The van der Waals surface area contributed by atoms with Gasteiger partial charge in [0.25, 0.3) is 5.91 Å². The summed E-state index contributed by atoms with van der Waals surface area (Å²) in [5, 5.41) is 10.6. The van der Waals surface area contributed by atoms with Gasteiger partial charge in [-0.05, 0) is 55.3 Å². The zero-order chi connectivity index (χ0) is 23.8. The van der Waals surface area contributed by atoms with Gasteiger partial charge in [-0.3, -0.25) is 9.69 Å². The van der Waals surface area contributed by atoms with E-state index >= 15 is 0 Å². The number of aryl methyl sites for hydroxylation is 1. The number of para-hydroxylation sites is 1. The van der Waals surface area contributed by atoms with Crippen LogP contribution in [-0.2, 0) is 11.3 Å². The van der Waals surface area contributed by atoms with Crippen molar-refractivity contribution in [1.29, 1.82) is 5.26 Å². The molecule has 1 aliphatic rings. The van der Waals surface area contributed by atoms with Crippen LogP contribution in [0.1, 0.15) is 27.9 Å². The molecule has 0 saturated carbocycles. The molecule has 0 aliphatic carbocycles. The third kappa shape index (κ3) is 3.83. The summed E-state index contributed by atoms with van der Waals surface area (Å²) >= 11 is 6.91. The van der Waals surface area contributed by atoms with Crippen LogP contribution in [-0.4, -0.2) is 14.8 Å². The van der Waals surface area contributed by atoms with Gasteiger partial charge in [0, 0.05) is 28.7 Å². The second-order valence-corrected chi connectivity index (χ2v) is 9.90. The number of fused-ring (bicyclic) bond motifs is 1. The molecule has 1 aliphatic heterocycles. The van der Waals surface area contributed by atoms with Crippen molar-refractivity contribution in [3.05, 3.63) is 106 Å². The monoisotopic (exact) mass is 479 g/mol. The summed E-state index contributed by atoms with van der Waals surface area (Å²) in [4.78, 5) is 15.6. The third-order valence-corrected chi connectivity index (χ3v) is 7.38. The quantitative estimate of drug-likeness (QED) is 0.245. The molecule has 0 N–H and O–H groups in total. The number of hydrogen-bond acceptors (Lipinski definition) is 4. The first-order chi connectivity index (χ1) is 16.5. The van der Waals surface area contributed by atoms with Gasteiger partial charge >= 0.3 is 0 Å². The molecule has 1 aromatic heterocycles. The number of thioether (sulfide) groups is 1. The molecule has 1 amide bonds. The topological polar surface area (TPSA) is 49.0 Å². The smallest absolute Gasteiger partial charge is 0.270 e. The molecular formula is C28H21N3OS2. The minimum absolute atomic E-state index is 0.105. The highest BCUT2D eigenvalue weighted by molar-refractivity contribution is 8.27. The highest BCUT2D eigenvalue weighted by Gasteiger charge is 2.33.